The Morgan fingerprint density at radius 1 is 0.833 bits per heavy atom. The first-order valence-electron chi connectivity index (χ1n) is 16.5. The summed E-state index contributed by atoms with van der Waals surface area (Å²) in [6.07, 6.45) is -16.4. The first-order chi connectivity index (χ1) is 25.2. The van der Waals surface area contributed by atoms with Crippen molar-refractivity contribution in [3.63, 3.8) is 0 Å². The standard InChI is InChI=1S/C36H34F10N2O5S/c1-22(49)47-16-13-23(14-17-47)31(50)48-18-15-32(21-48,54-29-10-7-27(37)8-11-29)25-3-5-26(6-4-25)33(34(38,39)40,35(41,42)43)52-20-24-19-28(53-36(44,45)46)9-12-30(24)51-2/h3-12,19,23H,13-18,20-21H2,1-2H3/t32-/m0/s1. The Bertz CT molecular complexity index is 1780. The van der Waals surface area contributed by atoms with E-state index in [-0.39, 0.29) is 42.6 Å². The van der Waals surface area contributed by atoms with Crippen molar-refractivity contribution in [3.05, 3.63) is 89.2 Å². The van der Waals surface area contributed by atoms with Crippen molar-refractivity contribution in [1.82, 2.24) is 9.80 Å². The number of halogens is 10. The number of piperidine rings is 1. The Hall–Kier alpha value is -4.19. The van der Waals surface area contributed by atoms with Crippen LogP contribution in [0.25, 0.3) is 0 Å². The van der Waals surface area contributed by atoms with Crippen molar-refractivity contribution in [1.29, 1.82) is 0 Å². The van der Waals surface area contributed by atoms with Gasteiger partial charge < -0.3 is 24.0 Å². The number of carbonyl (C=O) groups excluding carboxylic acids is 2. The monoisotopic (exact) mass is 796 g/mol. The Morgan fingerprint density at radius 2 is 1.44 bits per heavy atom. The van der Waals surface area contributed by atoms with Crippen molar-refractivity contribution >= 4 is 23.6 Å². The minimum Gasteiger partial charge on any atom is -0.496 e. The summed E-state index contributed by atoms with van der Waals surface area (Å²) in [7, 11) is 1.01. The molecular weight excluding hydrogens is 762 g/mol. The van der Waals surface area contributed by atoms with E-state index in [0.717, 1.165) is 31.4 Å². The van der Waals surface area contributed by atoms with E-state index < -0.39 is 64.3 Å². The van der Waals surface area contributed by atoms with Crippen molar-refractivity contribution in [3.8, 4) is 11.5 Å². The van der Waals surface area contributed by atoms with Gasteiger partial charge in [-0.3, -0.25) is 9.59 Å². The molecule has 0 aromatic heterocycles. The Labute approximate surface area is 307 Å². The maximum atomic E-state index is 14.8. The lowest BCUT2D eigenvalue weighted by molar-refractivity contribution is -0.392. The molecule has 2 aliphatic heterocycles. The molecule has 5 rings (SSSR count). The highest BCUT2D eigenvalue weighted by Gasteiger charge is 2.73. The molecule has 0 N–H and O–H groups in total. The zero-order valence-corrected chi connectivity index (χ0v) is 29.5. The van der Waals surface area contributed by atoms with Crippen molar-refractivity contribution in [2.24, 2.45) is 5.92 Å². The van der Waals surface area contributed by atoms with Gasteiger partial charge in [0.15, 0.2) is 0 Å². The minimum atomic E-state index is -6.13. The van der Waals surface area contributed by atoms with Crippen LogP contribution >= 0.6 is 11.8 Å². The summed E-state index contributed by atoms with van der Waals surface area (Å²) in [6.45, 7) is 0.944. The van der Waals surface area contributed by atoms with Crippen molar-refractivity contribution in [2.45, 2.75) is 66.8 Å². The third-order valence-corrected chi connectivity index (χ3v) is 11.0. The molecule has 0 aliphatic carbocycles. The molecule has 0 unspecified atom stereocenters. The molecule has 3 aromatic rings. The summed E-state index contributed by atoms with van der Waals surface area (Å²) in [5.74, 6) is -2.53. The van der Waals surface area contributed by atoms with Crippen LogP contribution < -0.4 is 9.47 Å². The molecule has 2 aliphatic rings. The van der Waals surface area contributed by atoms with Gasteiger partial charge in [-0.1, -0.05) is 24.3 Å². The molecule has 2 amide bonds. The molecular formula is C36H34F10N2O5S. The number of carbonyl (C=O) groups is 2. The van der Waals surface area contributed by atoms with Gasteiger partial charge in [-0.15, -0.1) is 24.9 Å². The summed E-state index contributed by atoms with van der Waals surface area (Å²) < 4.78 is 153. The number of hydrogen-bond donors (Lipinski definition) is 0. The van der Waals surface area contributed by atoms with Crippen LogP contribution in [0.15, 0.2) is 71.6 Å². The van der Waals surface area contributed by atoms with Gasteiger partial charge in [0.25, 0.3) is 5.60 Å². The lowest BCUT2D eigenvalue weighted by Crippen LogP contribution is -2.55. The van der Waals surface area contributed by atoms with Crippen LogP contribution in [-0.4, -0.2) is 73.6 Å². The molecule has 3 aromatic carbocycles. The second-order valence-electron chi connectivity index (χ2n) is 12.9. The molecule has 294 valence electrons. The molecule has 2 saturated heterocycles. The normalized spacial score (nSPS) is 18.9. The first kappa shape index (κ1) is 41.0. The van der Waals surface area contributed by atoms with Gasteiger partial charge in [0.1, 0.15) is 17.3 Å². The smallest absolute Gasteiger partial charge is 0.496 e. The lowest BCUT2D eigenvalue weighted by Gasteiger charge is -2.38. The van der Waals surface area contributed by atoms with Crippen molar-refractivity contribution in [2.75, 3.05) is 33.3 Å². The number of rotatable bonds is 10. The van der Waals surface area contributed by atoms with Crippen LogP contribution in [-0.2, 0) is 31.3 Å². The highest BCUT2D eigenvalue weighted by atomic mass is 32.2. The van der Waals surface area contributed by atoms with Gasteiger partial charge in [0.05, 0.1) is 18.5 Å². The van der Waals surface area contributed by atoms with Crippen LogP contribution in [0, 0.1) is 11.7 Å². The molecule has 0 radical (unpaired) electrons. The van der Waals surface area contributed by atoms with E-state index >= 15 is 0 Å². The van der Waals surface area contributed by atoms with Gasteiger partial charge in [-0.25, -0.2) is 4.39 Å². The van der Waals surface area contributed by atoms with E-state index in [9.17, 15) is 53.5 Å². The molecule has 2 heterocycles. The van der Waals surface area contributed by atoms with E-state index in [1.54, 1.807) is 9.80 Å². The average Bonchev–Trinajstić information content (AvgIpc) is 3.52. The number of alkyl halides is 9. The quantitative estimate of drug-likeness (QED) is 0.191. The SMILES string of the molecule is COc1ccc(OC(F)(F)F)cc1COC(c1ccc([C@]2(Sc3ccc(F)cc3)CCN(C(=O)C3CCN(C(C)=O)CC3)C2)cc1)(C(F)(F)F)C(F)(F)F. The summed E-state index contributed by atoms with van der Waals surface area (Å²) >= 11 is 1.18. The fourth-order valence-electron chi connectivity index (χ4n) is 6.77. The number of benzene rings is 3. The molecule has 2 fully saturated rings. The van der Waals surface area contributed by atoms with Gasteiger partial charge in [0, 0.05) is 55.0 Å². The predicted molar refractivity (Wildman–Crippen MR) is 175 cm³/mol. The number of amides is 2. The summed E-state index contributed by atoms with van der Waals surface area (Å²) in [5, 5.41) is 0. The van der Waals surface area contributed by atoms with Gasteiger partial charge in [0.2, 0.25) is 11.8 Å². The predicted octanol–water partition coefficient (Wildman–Crippen LogP) is 8.75. The maximum Gasteiger partial charge on any atom is 0.573 e. The second-order valence-corrected chi connectivity index (χ2v) is 14.4. The topological polar surface area (TPSA) is 68.3 Å². The highest BCUT2D eigenvalue weighted by molar-refractivity contribution is 8.00. The third-order valence-electron chi connectivity index (χ3n) is 9.51. The largest absolute Gasteiger partial charge is 0.573 e. The Morgan fingerprint density at radius 3 is 1.98 bits per heavy atom. The number of likely N-dealkylation sites (tertiary alicyclic amines) is 2. The van der Waals surface area contributed by atoms with E-state index in [4.69, 9.17) is 9.47 Å². The molecule has 7 nitrogen and oxygen atoms in total. The lowest BCUT2D eigenvalue weighted by atomic mass is 9.88. The van der Waals surface area contributed by atoms with Gasteiger partial charge in [-0.05, 0) is 67.3 Å². The van der Waals surface area contributed by atoms with Crippen LogP contribution in [0.3, 0.4) is 0 Å². The van der Waals surface area contributed by atoms with Crippen molar-refractivity contribution < 1.29 is 67.7 Å². The number of hydrogen-bond acceptors (Lipinski definition) is 6. The minimum absolute atomic E-state index is 0.0243. The summed E-state index contributed by atoms with van der Waals surface area (Å²) in [5.41, 5.74) is -6.63. The van der Waals surface area contributed by atoms with E-state index in [2.05, 4.69) is 4.74 Å². The summed E-state index contributed by atoms with van der Waals surface area (Å²) in [6, 6.07) is 10.9. The van der Waals surface area contributed by atoms with Gasteiger partial charge >= 0.3 is 18.7 Å². The molecule has 0 saturated carbocycles. The zero-order chi connectivity index (χ0) is 39.7. The second kappa shape index (κ2) is 15.5. The van der Waals surface area contributed by atoms with E-state index in [0.29, 0.717) is 49.0 Å². The van der Waals surface area contributed by atoms with E-state index in [1.165, 1.54) is 43.0 Å². The fourth-order valence-corrected chi connectivity index (χ4v) is 8.16. The number of thioether (sulfide) groups is 1. The average molecular weight is 797 g/mol. The first-order valence-corrected chi connectivity index (χ1v) is 17.3. The molecule has 1 atom stereocenters. The fraction of sp³-hybridized carbons (Fsp3) is 0.444. The number of nitrogens with zero attached hydrogens (tertiary/aromatic N) is 2. The molecule has 54 heavy (non-hydrogen) atoms. The van der Waals surface area contributed by atoms with Crippen LogP contribution in [0.1, 0.15) is 42.9 Å². The van der Waals surface area contributed by atoms with Crippen LogP contribution in [0.5, 0.6) is 11.5 Å². The maximum absolute atomic E-state index is 14.8. The highest BCUT2D eigenvalue weighted by Crippen LogP contribution is 2.55. The molecule has 18 heteroatoms. The zero-order valence-electron chi connectivity index (χ0n) is 28.7. The third kappa shape index (κ3) is 8.69. The molecule has 0 spiro atoms. The Balaban J connectivity index is 1.49. The van der Waals surface area contributed by atoms with Crippen LogP contribution in [0.2, 0.25) is 0 Å². The Kier molecular flexibility index (Phi) is 11.8. The summed E-state index contributed by atoms with van der Waals surface area (Å²) in [4.78, 5) is 29.2. The van der Waals surface area contributed by atoms with Gasteiger partial charge in [-0.2, -0.15) is 26.3 Å². The van der Waals surface area contributed by atoms with E-state index in [1.807, 2.05) is 0 Å². The molecule has 0 bridgehead atoms. The number of methoxy groups -OCH3 is 1. The number of ether oxygens (including phenoxy) is 3. The van der Waals surface area contributed by atoms with Crippen LogP contribution in [0.4, 0.5) is 43.9 Å².